The standard InChI is InChI=1S/C24H15BrClFO5/c25-15-6-13-10-29-12-31-24(13)14(7-15)11-30-16-4-5-17-21(8-16)32-22(23(17)28)9-18-19(26)2-1-3-20(18)27/h1-9H,10-12H2/b22-9-. The van der Waals surface area contributed by atoms with Crippen LogP contribution in [0.1, 0.15) is 27.0 Å². The molecule has 2 aliphatic rings. The number of hydrogen-bond donors (Lipinski definition) is 0. The molecule has 0 saturated carbocycles. The first kappa shape index (κ1) is 21.0. The molecule has 3 aromatic rings. The molecule has 0 radical (unpaired) electrons. The van der Waals surface area contributed by atoms with Crippen LogP contribution in [-0.2, 0) is 18.0 Å². The molecule has 2 aliphatic heterocycles. The zero-order valence-electron chi connectivity index (χ0n) is 16.5. The van der Waals surface area contributed by atoms with Crippen molar-refractivity contribution in [3.63, 3.8) is 0 Å². The summed E-state index contributed by atoms with van der Waals surface area (Å²) in [7, 11) is 0. The largest absolute Gasteiger partial charge is 0.489 e. The third-order valence-electron chi connectivity index (χ3n) is 5.06. The lowest BCUT2D eigenvalue weighted by Gasteiger charge is -2.21. The minimum Gasteiger partial charge on any atom is -0.489 e. The van der Waals surface area contributed by atoms with Gasteiger partial charge in [-0.25, -0.2) is 4.39 Å². The van der Waals surface area contributed by atoms with Crippen molar-refractivity contribution in [2.75, 3.05) is 6.79 Å². The molecule has 0 spiro atoms. The second kappa shape index (κ2) is 8.58. The SMILES string of the molecule is O=C1/C(=C/c2c(F)cccc2Cl)Oc2cc(OCc3cc(Br)cc4c3OCOC4)ccc21. The summed E-state index contributed by atoms with van der Waals surface area (Å²) in [6.07, 6.45) is 1.31. The van der Waals surface area contributed by atoms with E-state index >= 15 is 0 Å². The van der Waals surface area contributed by atoms with E-state index in [4.69, 9.17) is 30.5 Å². The fourth-order valence-corrected chi connectivity index (χ4v) is 4.33. The van der Waals surface area contributed by atoms with Gasteiger partial charge in [0.2, 0.25) is 5.78 Å². The number of allylic oxidation sites excluding steroid dienone is 1. The van der Waals surface area contributed by atoms with E-state index in [0.717, 1.165) is 21.3 Å². The van der Waals surface area contributed by atoms with E-state index in [1.54, 1.807) is 24.3 Å². The Hall–Kier alpha value is -2.87. The summed E-state index contributed by atoms with van der Waals surface area (Å²) >= 11 is 9.55. The highest BCUT2D eigenvalue weighted by molar-refractivity contribution is 9.10. The average Bonchev–Trinajstić information content (AvgIpc) is 3.09. The molecule has 3 aromatic carbocycles. The number of benzene rings is 3. The molecule has 2 heterocycles. The van der Waals surface area contributed by atoms with E-state index < -0.39 is 5.82 Å². The normalized spacial score (nSPS) is 15.7. The van der Waals surface area contributed by atoms with Gasteiger partial charge in [0, 0.05) is 27.2 Å². The number of ether oxygens (including phenoxy) is 4. The highest BCUT2D eigenvalue weighted by Crippen LogP contribution is 2.37. The predicted octanol–water partition coefficient (Wildman–Crippen LogP) is 6.30. The van der Waals surface area contributed by atoms with Gasteiger partial charge in [-0.05, 0) is 42.5 Å². The van der Waals surface area contributed by atoms with Crippen LogP contribution in [0.15, 0.2) is 58.8 Å². The molecule has 0 N–H and O–H groups in total. The quantitative estimate of drug-likeness (QED) is 0.380. The molecule has 0 saturated heterocycles. The Balaban J connectivity index is 1.37. The number of ketones is 1. The number of halogens is 3. The van der Waals surface area contributed by atoms with Crippen LogP contribution in [0.3, 0.4) is 0 Å². The van der Waals surface area contributed by atoms with Crippen molar-refractivity contribution in [3.8, 4) is 17.2 Å². The van der Waals surface area contributed by atoms with Crippen molar-refractivity contribution in [2.24, 2.45) is 0 Å². The van der Waals surface area contributed by atoms with Crippen LogP contribution in [0, 0.1) is 5.82 Å². The summed E-state index contributed by atoms with van der Waals surface area (Å²) in [5, 5.41) is 0.193. The Bertz CT molecular complexity index is 1250. The molecule has 0 unspecified atom stereocenters. The summed E-state index contributed by atoms with van der Waals surface area (Å²) in [4.78, 5) is 12.7. The van der Waals surface area contributed by atoms with E-state index in [-0.39, 0.29) is 35.5 Å². The van der Waals surface area contributed by atoms with Gasteiger partial charge in [-0.1, -0.05) is 33.6 Å². The van der Waals surface area contributed by atoms with Gasteiger partial charge in [-0.3, -0.25) is 4.79 Å². The van der Waals surface area contributed by atoms with E-state index in [2.05, 4.69) is 15.9 Å². The van der Waals surface area contributed by atoms with E-state index in [0.29, 0.717) is 23.7 Å². The predicted molar refractivity (Wildman–Crippen MR) is 120 cm³/mol. The highest BCUT2D eigenvalue weighted by atomic mass is 79.9. The molecule has 5 rings (SSSR count). The lowest BCUT2D eigenvalue weighted by molar-refractivity contribution is -0.0176. The summed E-state index contributed by atoms with van der Waals surface area (Å²) < 4.78 is 37.6. The van der Waals surface area contributed by atoms with Gasteiger partial charge >= 0.3 is 0 Å². The van der Waals surface area contributed by atoms with Gasteiger partial charge in [0.05, 0.1) is 17.2 Å². The minimum absolute atomic E-state index is 0.00129. The first-order valence-electron chi connectivity index (χ1n) is 9.66. The van der Waals surface area contributed by atoms with Crippen molar-refractivity contribution in [1.82, 2.24) is 0 Å². The maximum atomic E-state index is 14.1. The van der Waals surface area contributed by atoms with E-state index in [1.807, 2.05) is 12.1 Å². The molecule has 0 aliphatic carbocycles. The molecular weight excluding hydrogens is 503 g/mol. The third kappa shape index (κ3) is 3.99. The van der Waals surface area contributed by atoms with Crippen LogP contribution in [0.25, 0.3) is 6.08 Å². The molecule has 0 amide bonds. The molecule has 32 heavy (non-hydrogen) atoms. The van der Waals surface area contributed by atoms with Crippen LogP contribution in [-0.4, -0.2) is 12.6 Å². The molecule has 162 valence electrons. The second-order valence-corrected chi connectivity index (χ2v) is 8.51. The minimum atomic E-state index is -0.536. The Morgan fingerprint density at radius 1 is 1.19 bits per heavy atom. The Labute approximate surface area is 196 Å². The van der Waals surface area contributed by atoms with E-state index in [9.17, 15) is 9.18 Å². The van der Waals surface area contributed by atoms with Crippen molar-refractivity contribution in [2.45, 2.75) is 13.2 Å². The second-order valence-electron chi connectivity index (χ2n) is 7.19. The number of hydrogen-bond acceptors (Lipinski definition) is 5. The van der Waals surface area contributed by atoms with Crippen molar-refractivity contribution < 1.29 is 28.1 Å². The first-order chi connectivity index (χ1) is 15.5. The molecule has 0 aromatic heterocycles. The zero-order valence-corrected chi connectivity index (χ0v) is 18.8. The van der Waals surface area contributed by atoms with Gasteiger partial charge in [0.15, 0.2) is 12.6 Å². The lowest BCUT2D eigenvalue weighted by atomic mass is 10.1. The van der Waals surface area contributed by atoms with Gasteiger partial charge in [-0.15, -0.1) is 0 Å². The first-order valence-corrected chi connectivity index (χ1v) is 10.8. The number of Topliss-reactive ketones (excluding diaryl/α,β-unsaturated/α-hetero) is 1. The monoisotopic (exact) mass is 516 g/mol. The van der Waals surface area contributed by atoms with Gasteiger partial charge in [-0.2, -0.15) is 0 Å². The zero-order chi connectivity index (χ0) is 22.2. The molecule has 0 bridgehead atoms. The Morgan fingerprint density at radius 3 is 2.91 bits per heavy atom. The van der Waals surface area contributed by atoms with Crippen molar-refractivity contribution in [1.29, 1.82) is 0 Å². The summed E-state index contributed by atoms with van der Waals surface area (Å²) in [6, 6.07) is 13.1. The summed E-state index contributed by atoms with van der Waals surface area (Å²) in [6.45, 7) is 0.914. The molecule has 5 nitrogen and oxygen atoms in total. The summed E-state index contributed by atoms with van der Waals surface area (Å²) in [5.74, 6) is 0.721. The molecule has 0 atom stereocenters. The number of carbonyl (C=O) groups is 1. The van der Waals surface area contributed by atoms with Crippen LogP contribution >= 0.6 is 27.5 Å². The van der Waals surface area contributed by atoms with Crippen molar-refractivity contribution in [3.05, 3.63) is 91.9 Å². The fraction of sp³-hybridized carbons (Fsp3) is 0.125. The number of rotatable bonds is 4. The number of fused-ring (bicyclic) bond motifs is 2. The maximum absolute atomic E-state index is 14.1. The van der Waals surface area contributed by atoms with Gasteiger partial charge in [0.25, 0.3) is 0 Å². The summed E-state index contributed by atoms with van der Waals surface area (Å²) in [5.41, 5.74) is 2.28. The molecular formula is C24H15BrClFO5. The highest BCUT2D eigenvalue weighted by Gasteiger charge is 2.28. The molecule has 8 heteroatoms. The third-order valence-corrected chi connectivity index (χ3v) is 5.85. The average molecular weight is 518 g/mol. The fourth-order valence-electron chi connectivity index (χ4n) is 3.56. The maximum Gasteiger partial charge on any atom is 0.231 e. The van der Waals surface area contributed by atoms with Crippen LogP contribution in [0.2, 0.25) is 5.02 Å². The lowest BCUT2D eigenvalue weighted by Crippen LogP contribution is -2.14. The van der Waals surface area contributed by atoms with Crippen LogP contribution in [0.4, 0.5) is 4.39 Å². The van der Waals surface area contributed by atoms with Gasteiger partial charge < -0.3 is 18.9 Å². The van der Waals surface area contributed by atoms with Crippen LogP contribution < -0.4 is 14.2 Å². The Kier molecular flexibility index (Phi) is 5.63. The Morgan fingerprint density at radius 2 is 2.06 bits per heavy atom. The number of carbonyl (C=O) groups excluding carboxylic acids is 1. The molecule has 0 fully saturated rings. The topological polar surface area (TPSA) is 54.0 Å². The van der Waals surface area contributed by atoms with E-state index in [1.165, 1.54) is 18.2 Å². The van der Waals surface area contributed by atoms with Gasteiger partial charge in [0.1, 0.15) is 29.7 Å². The van der Waals surface area contributed by atoms with Crippen molar-refractivity contribution >= 4 is 39.4 Å². The smallest absolute Gasteiger partial charge is 0.231 e. The van der Waals surface area contributed by atoms with Crippen LogP contribution in [0.5, 0.6) is 17.2 Å².